The number of carbonyl (C=O) groups excluding carboxylic acids is 1. The van der Waals surface area contributed by atoms with Gasteiger partial charge in [-0.25, -0.2) is 9.78 Å². The highest BCUT2D eigenvalue weighted by Gasteiger charge is 2.47. The van der Waals surface area contributed by atoms with Gasteiger partial charge in [0.2, 0.25) is 0 Å². The molecule has 3 unspecified atom stereocenters. The molecule has 3 atom stereocenters. The molecule has 1 aromatic heterocycles. The minimum Gasteiger partial charge on any atom is -0.480 e. The molecule has 0 radical (unpaired) electrons. The van der Waals surface area contributed by atoms with Gasteiger partial charge in [0.15, 0.2) is 0 Å². The normalized spacial score (nSPS) is 28.2. The van der Waals surface area contributed by atoms with Crippen molar-refractivity contribution in [2.24, 2.45) is 5.92 Å². The Hall–Kier alpha value is -1.62. The van der Waals surface area contributed by atoms with Crippen LogP contribution in [0.2, 0.25) is 5.02 Å². The number of carboxylic acid groups (broad SMARTS) is 1. The van der Waals surface area contributed by atoms with E-state index in [1.54, 1.807) is 17.0 Å². The monoisotopic (exact) mass is 308 g/mol. The van der Waals surface area contributed by atoms with Gasteiger partial charge in [-0.2, -0.15) is 0 Å². The molecule has 1 amide bonds. The third-order valence-electron chi connectivity index (χ3n) is 4.55. The smallest absolute Gasteiger partial charge is 0.326 e. The summed E-state index contributed by atoms with van der Waals surface area (Å²) >= 11 is 5.78. The number of halogens is 1. The van der Waals surface area contributed by atoms with Crippen molar-refractivity contribution in [3.63, 3.8) is 0 Å². The van der Waals surface area contributed by atoms with Crippen LogP contribution in [0.5, 0.6) is 0 Å². The zero-order valence-corrected chi connectivity index (χ0v) is 12.3. The van der Waals surface area contributed by atoms with Crippen LogP contribution in [-0.4, -0.2) is 39.0 Å². The molecule has 1 N–H and O–H groups in total. The van der Waals surface area contributed by atoms with E-state index >= 15 is 0 Å². The fourth-order valence-electron chi connectivity index (χ4n) is 3.61. The number of rotatable bonds is 2. The first-order chi connectivity index (χ1) is 10.1. The van der Waals surface area contributed by atoms with Crippen molar-refractivity contribution in [2.45, 2.75) is 44.2 Å². The van der Waals surface area contributed by atoms with E-state index in [4.69, 9.17) is 11.6 Å². The Balaban J connectivity index is 1.90. The van der Waals surface area contributed by atoms with Crippen molar-refractivity contribution in [1.82, 2.24) is 9.88 Å². The number of amides is 1. The van der Waals surface area contributed by atoms with Crippen LogP contribution in [0.3, 0.4) is 0 Å². The predicted molar refractivity (Wildman–Crippen MR) is 77.2 cm³/mol. The van der Waals surface area contributed by atoms with Crippen LogP contribution < -0.4 is 0 Å². The number of nitrogens with zero attached hydrogens (tertiary/aromatic N) is 2. The number of likely N-dealkylation sites (tertiary alicyclic amines) is 1. The molecule has 1 aliphatic heterocycles. The van der Waals surface area contributed by atoms with E-state index in [1.807, 2.05) is 0 Å². The zero-order valence-electron chi connectivity index (χ0n) is 11.5. The number of carboxylic acids is 1. The second kappa shape index (κ2) is 5.64. The molecule has 1 saturated carbocycles. The molecule has 2 aliphatic rings. The van der Waals surface area contributed by atoms with E-state index < -0.39 is 12.0 Å². The van der Waals surface area contributed by atoms with Gasteiger partial charge in [-0.15, -0.1) is 0 Å². The van der Waals surface area contributed by atoms with Gasteiger partial charge < -0.3 is 10.0 Å². The average molecular weight is 309 g/mol. The lowest BCUT2D eigenvalue weighted by Gasteiger charge is -2.32. The van der Waals surface area contributed by atoms with Crippen molar-refractivity contribution >= 4 is 23.5 Å². The maximum absolute atomic E-state index is 12.7. The summed E-state index contributed by atoms with van der Waals surface area (Å²) in [6, 6.07) is 2.46. The number of carbonyl (C=O) groups is 2. The largest absolute Gasteiger partial charge is 0.480 e. The first kappa shape index (κ1) is 14.3. The summed E-state index contributed by atoms with van der Waals surface area (Å²) in [5, 5.41) is 9.89. The van der Waals surface area contributed by atoms with Gasteiger partial charge in [-0.3, -0.25) is 4.79 Å². The first-order valence-electron chi connectivity index (χ1n) is 7.25. The summed E-state index contributed by atoms with van der Waals surface area (Å²) in [7, 11) is 0. The molecule has 0 aromatic carbocycles. The topological polar surface area (TPSA) is 70.5 Å². The van der Waals surface area contributed by atoms with Crippen molar-refractivity contribution in [3.8, 4) is 0 Å². The Kier molecular flexibility index (Phi) is 3.85. The second-order valence-electron chi connectivity index (χ2n) is 5.78. The maximum atomic E-state index is 12.7. The van der Waals surface area contributed by atoms with E-state index in [9.17, 15) is 14.7 Å². The Morgan fingerprint density at radius 1 is 1.29 bits per heavy atom. The molecule has 6 heteroatoms. The van der Waals surface area contributed by atoms with E-state index in [-0.39, 0.29) is 17.6 Å². The van der Waals surface area contributed by atoms with Gasteiger partial charge in [0.25, 0.3) is 5.91 Å². The van der Waals surface area contributed by atoms with Gasteiger partial charge >= 0.3 is 5.97 Å². The highest BCUT2D eigenvalue weighted by atomic mass is 35.5. The van der Waals surface area contributed by atoms with E-state index in [0.717, 1.165) is 25.7 Å². The van der Waals surface area contributed by atoms with Crippen molar-refractivity contribution < 1.29 is 14.7 Å². The molecule has 5 nitrogen and oxygen atoms in total. The summed E-state index contributed by atoms with van der Waals surface area (Å²) in [6.45, 7) is 0. The van der Waals surface area contributed by atoms with Crippen molar-refractivity contribution in [2.75, 3.05) is 0 Å². The fourth-order valence-corrected chi connectivity index (χ4v) is 3.72. The second-order valence-corrected chi connectivity index (χ2v) is 6.21. The molecule has 2 heterocycles. The molecule has 2 fully saturated rings. The maximum Gasteiger partial charge on any atom is 0.326 e. The number of aliphatic carboxylic acids is 1. The lowest BCUT2D eigenvalue weighted by Crippen LogP contribution is -2.46. The third-order valence-corrected chi connectivity index (χ3v) is 4.78. The Bertz CT molecular complexity index is 561. The molecule has 1 saturated heterocycles. The van der Waals surface area contributed by atoms with E-state index in [1.165, 1.54) is 6.20 Å². The van der Waals surface area contributed by atoms with Crippen molar-refractivity contribution in [1.29, 1.82) is 0 Å². The van der Waals surface area contributed by atoms with Crippen LogP contribution in [0.4, 0.5) is 0 Å². The molecular formula is C15H17ClN2O3. The molecule has 112 valence electrons. The molecule has 0 bridgehead atoms. The van der Waals surface area contributed by atoms with E-state index in [2.05, 4.69) is 4.98 Å². The predicted octanol–water partition coefficient (Wildman–Crippen LogP) is 2.59. The average Bonchev–Trinajstić information content (AvgIpc) is 2.87. The highest BCUT2D eigenvalue weighted by Crippen LogP contribution is 2.40. The molecule has 0 spiro atoms. The molecule has 1 aliphatic carbocycles. The molecule has 3 rings (SSSR count). The van der Waals surface area contributed by atoms with Crippen LogP contribution in [0.15, 0.2) is 18.3 Å². The Morgan fingerprint density at radius 3 is 2.71 bits per heavy atom. The molecule has 1 aromatic rings. The Morgan fingerprint density at radius 2 is 2.05 bits per heavy atom. The van der Waals surface area contributed by atoms with Crippen LogP contribution in [-0.2, 0) is 4.79 Å². The van der Waals surface area contributed by atoms with Crippen LogP contribution in [0.25, 0.3) is 0 Å². The van der Waals surface area contributed by atoms with Crippen LogP contribution in [0.1, 0.15) is 42.6 Å². The lowest BCUT2D eigenvalue weighted by molar-refractivity contribution is -0.141. The minimum atomic E-state index is -0.924. The van der Waals surface area contributed by atoms with Gasteiger partial charge in [-0.05, 0) is 37.3 Å². The zero-order chi connectivity index (χ0) is 15.0. The van der Waals surface area contributed by atoms with Gasteiger partial charge in [0.05, 0.1) is 5.02 Å². The summed E-state index contributed by atoms with van der Waals surface area (Å²) < 4.78 is 0. The molecule has 21 heavy (non-hydrogen) atoms. The summed E-state index contributed by atoms with van der Waals surface area (Å²) in [6.07, 6.45) is 6.03. The number of fused-ring (bicyclic) bond motifs is 1. The SMILES string of the molecule is O=C(O)C1CC2CCCCC2N1C(=O)c1ccc(Cl)cn1. The highest BCUT2D eigenvalue weighted by molar-refractivity contribution is 6.30. The van der Waals surface area contributed by atoms with Crippen molar-refractivity contribution in [3.05, 3.63) is 29.0 Å². The lowest BCUT2D eigenvalue weighted by atomic mass is 9.84. The standard InChI is InChI=1S/C15H17ClN2O3/c16-10-5-6-11(17-8-10)14(19)18-12-4-2-1-3-9(12)7-13(18)15(20)21/h5-6,8-9,12-13H,1-4,7H2,(H,20,21). The summed E-state index contributed by atoms with van der Waals surface area (Å²) in [5.41, 5.74) is 0.261. The van der Waals surface area contributed by atoms with Crippen LogP contribution >= 0.6 is 11.6 Å². The van der Waals surface area contributed by atoms with Gasteiger partial charge in [0.1, 0.15) is 11.7 Å². The van der Waals surface area contributed by atoms with Gasteiger partial charge in [0, 0.05) is 12.2 Å². The number of hydrogen-bond acceptors (Lipinski definition) is 3. The molecular weight excluding hydrogens is 292 g/mol. The van der Waals surface area contributed by atoms with E-state index in [0.29, 0.717) is 17.4 Å². The fraction of sp³-hybridized carbons (Fsp3) is 0.533. The number of aromatic nitrogens is 1. The van der Waals surface area contributed by atoms with Gasteiger partial charge in [-0.1, -0.05) is 24.4 Å². The minimum absolute atomic E-state index is 0.0322. The first-order valence-corrected chi connectivity index (χ1v) is 7.62. The quantitative estimate of drug-likeness (QED) is 0.911. The summed E-state index contributed by atoms with van der Waals surface area (Å²) in [4.78, 5) is 29.8. The number of pyridine rings is 1. The van der Waals surface area contributed by atoms with Crippen LogP contribution in [0, 0.1) is 5.92 Å². The Labute approximate surface area is 127 Å². The number of hydrogen-bond donors (Lipinski definition) is 1. The summed E-state index contributed by atoms with van der Waals surface area (Å²) in [5.74, 6) is -0.920. The third kappa shape index (κ3) is 2.62.